The number of nitrogens with one attached hydrogen (secondary N) is 2. The highest BCUT2D eigenvalue weighted by molar-refractivity contribution is 7.07. The molecule has 1 atom stereocenters. The van der Waals surface area contributed by atoms with E-state index in [9.17, 15) is 9.59 Å². The van der Waals surface area contributed by atoms with Gasteiger partial charge in [0, 0.05) is 23.9 Å². The molecule has 2 N–H and O–H groups in total. The summed E-state index contributed by atoms with van der Waals surface area (Å²) < 4.78 is 2.02. The van der Waals surface area contributed by atoms with Crippen molar-refractivity contribution in [2.45, 2.75) is 102 Å². The van der Waals surface area contributed by atoms with Gasteiger partial charge in [0.15, 0.2) is 5.69 Å². The number of carbonyl (C=O) groups excluding carboxylic acids is 2. The molecule has 3 fully saturated rings. The van der Waals surface area contributed by atoms with Gasteiger partial charge >= 0.3 is 0 Å². The van der Waals surface area contributed by atoms with E-state index >= 15 is 0 Å². The zero-order valence-corrected chi connectivity index (χ0v) is 22.1. The Balaban J connectivity index is 1.25. The molecule has 8 nitrogen and oxygen atoms in total. The van der Waals surface area contributed by atoms with Gasteiger partial charge in [-0.1, -0.05) is 19.3 Å². The van der Waals surface area contributed by atoms with Crippen molar-refractivity contribution < 1.29 is 9.59 Å². The Bertz CT molecular complexity index is 990. The molecule has 196 valence electrons. The molecule has 0 unspecified atom stereocenters. The van der Waals surface area contributed by atoms with E-state index in [2.05, 4.69) is 20.5 Å². The Kier molecular flexibility index (Phi) is 8.69. The number of rotatable bonds is 11. The number of thiazole rings is 1. The summed E-state index contributed by atoms with van der Waals surface area (Å²) in [6.07, 6.45) is 13.8. The lowest BCUT2D eigenvalue weighted by molar-refractivity contribution is -0.122. The van der Waals surface area contributed by atoms with E-state index in [0.29, 0.717) is 24.2 Å². The molecule has 0 radical (unpaired) electrons. The molecule has 3 heterocycles. The Labute approximate surface area is 218 Å². The van der Waals surface area contributed by atoms with Crippen LogP contribution in [0.15, 0.2) is 17.0 Å². The molecule has 3 aliphatic rings. The summed E-state index contributed by atoms with van der Waals surface area (Å²) >= 11 is 1.55. The first-order valence-corrected chi connectivity index (χ1v) is 14.9. The van der Waals surface area contributed by atoms with Crippen molar-refractivity contribution in [3.05, 3.63) is 22.7 Å². The minimum atomic E-state index is -0.193. The third-order valence-corrected chi connectivity index (χ3v) is 8.63. The molecule has 2 aromatic rings. The van der Waals surface area contributed by atoms with Gasteiger partial charge in [-0.3, -0.25) is 14.3 Å². The van der Waals surface area contributed by atoms with Crippen molar-refractivity contribution in [3.8, 4) is 11.4 Å². The van der Waals surface area contributed by atoms with Crippen LogP contribution in [0.3, 0.4) is 0 Å². The second-order valence-corrected chi connectivity index (χ2v) is 11.5. The molecule has 5 rings (SSSR count). The maximum atomic E-state index is 13.4. The van der Waals surface area contributed by atoms with Gasteiger partial charge in [-0.2, -0.15) is 5.10 Å². The molecule has 1 aliphatic heterocycles. The van der Waals surface area contributed by atoms with Crippen molar-refractivity contribution in [2.24, 2.45) is 0 Å². The number of carbonyl (C=O) groups is 2. The molecule has 36 heavy (non-hydrogen) atoms. The van der Waals surface area contributed by atoms with Crippen molar-refractivity contribution in [2.75, 3.05) is 19.6 Å². The van der Waals surface area contributed by atoms with Crippen molar-refractivity contribution >= 4 is 23.2 Å². The van der Waals surface area contributed by atoms with Crippen LogP contribution < -0.4 is 10.6 Å². The number of aromatic nitrogens is 3. The molecular weight excluding hydrogens is 472 g/mol. The topological polar surface area (TPSA) is 92.2 Å². The van der Waals surface area contributed by atoms with Crippen LogP contribution in [0.5, 0.6) is 0 Å². The van der Waals surface area contributed by atoms with Crippen molar-refractivity contribution in [1.82, 2.24) is 30.3 Å². The predicted octanol–water partition coefficient (Wildman–Crippen LogP) is 4.55. The number of piperidine rings is 1. The Morgan fingerprint density at radius 1 is 1.06 bits per heavy atom. The van der Waals surface area contributed by atoms with Gasteiger partial charge < -0.3 is 15.5 Å². The van der Waals surface area contributed by atoms with Gasteiger partial charge in [-0.25, -0.2) is 4.98 Å². The Hall–Kier alpha value is -2.26. The first kappa shape index (κ1) is 25.4. The summed E-state index contributed by atoms with van der Waals surface area (Å²) in [4.78, 5) is 33.1. The molecule has 0 bridgehead atoms. The maximum absolute atomic E-state index is 13.4. The van der Waals surface area contributed by atoms with Gasteiger partial charge in [0.1, 0.15) is 0 Å². The molecule has 0 spiro atoms. The lowest BCUT2D eigenvalue weighted by atomic mass is 9.93. The lowest BCUT2D eigenvalue weighted by Gasteiger charge is -2.28. The van der Waals surface area contributed by atoms with E-state index in [4.69, 9.17) is 5.10 Å². The van der Waals surface area contributed by atoms with Crippen LogP contribution in [-0.4, -0.2) is 63.2 Å². The number of hydrogen-bond donors (Lipinski definition) is 2. The molecule has 2 aromatic heterocycles. The fourth-order valence-electron chi connectivity index (χ4n) is 5.75. The van der Waals surface area contributed by atoms with Gasteiger partial charge in [-0.15, -0.1) is 11.3 Å². The summed E-state index contributed by atoms with van der Waals surface area (Å²) in [7, 11) is 0. The highest BCUT2D eigenvalue weighted by Crippen LogP contribution is 2.33. The van der Waals surface area contributed by atoms with Crippen molar-refractivity contribution in [1.29, 1.82) is 0 Å². The fraction of sp³-hybridized carbons (Fsp3) is 0.704. The van der Waals surface area contributed by atoms with Crippen LogP contribution in [0.4, 0.5) is 0 Å². The van der Waals surface area contributed by atoms with Gasteiger partial charge in [0.25, 0.3) is 5.91 Å². The van der Waals surface area contributed by atoms with Gasteiger partial charge in [-0.05, 0) is 83.5 Å². The average Bonchev–Trinajstić information content (AvgIpc) is 3.63. The van der Waals surface area contributed by atoms with E-state index < -0.39 is 0 Å². The molecular formula is C27H40N6O2S. The minimum absolute atomic E-state index is 0.0441. The number of amides is 2. The van der Waals surface area contributed by atoms with E-state index in [1.165, 1.54) is 38.5 Å². The minimum Gasteiger partial charge on any atom is -0.353 e. The van der Waals surface area contributed by atoms with Crippen LogP contribution in [0.2, 0.25) is 0 Å². The summed E-state index contributed by atoms with van der Waals surface area (Å²) in [5.41, 5.74) is 4.03. The Morgan fingerprint density at radius 3 is 2.56 bits per heavy atom. The number of nitrogens with zero attached hydrogens (tertiary/aromatic N) is 4. The third kappa shape index (κ3) is 6.54. The Morgan fingerprint density at radius 2 is 1.86 bits per heavy atom. The fourth-order valence-corrected chi connectivity index (χ4v) is 6.30. The summed E-state index contributed by atoms with van der Waals surface area (Å²) in [6.45, 7) is 3.36. The SMILES string of the molecule is O=C(C[C@H](CCCN1CCCCC1)NC(=O)c1cc(-c2cscn2)n(C2CCCC2)n1)NC1CCC1. The van der Waals surface area contributed by atoms with E-state index in [0.717, 1.165) is 69.5 Å². The molecule has 2 saturated carbocycles. The van der Waals surface area contributed by atoms with Crippen LogP contribution in [-0.2, 0) is 4.79 Å². The molecule has 9 heteroatoms. The number of hydrogen-bond acceptors (Lipinski definition) is 6. The molecule has 1 saturated heterocycles. The predicted molar refractivity (Wildman–Crippen MR) is 142 cm³/mol. The van der Waals surface area contributed by atoms with Crippen LogP contribution >= 0.6 is 11.3 Å². The second-order valence-electron chi connectivity index (χ2n) is 10.8. The summed E-state index contributed by atoms with van der Waals surface area (Å²) in [5.74, 6) is -0.148. The van der Waals surface area contributed by atoms with Crippen LogP contribution in [0, 0.1) is 0 Å². The second kappa shape index (κ2) is 12.3. The monoisotopic (exact) mass is 512 g/mol. The van der Waals surface area contributed by atoms with E-state index in [1.54, 1.807) is 11.3 Å². The zero-order chi connectivity index (χ0) is 24.7. The van der Waals surface area contributed by atoms with Gasteiger partial charge in [0.05, 0.1) is 22.9 Å². The van der Waals surface area contributed by atoms with Gasteiger partial charge in [0.2, 0.25) is 5.91 Å². The lowest BCUT2D eigenvalue weighted by Crippen LogP contribution is -2.44. The molecule has 0 aromatic carbocycles. The summed E-state index contributed by atoms with van der Waals surface area (Å²) in [6, 6.07) is 2.31. The highest BCUT2D eigenvalue weighted by Gasteiger charge is 2.27. The molecule has 2 aliphatic carbocycles. The quantitative estimate of drug-likeness (QED) is 0.461. The first-order chi connectivity index (χ1) is 17.7. The first-order valence-electron chi connectivity index (χ1n) is 14.0. The smallest absolute Gasteiger partial charge is 0.272 e. The highest BCUT2D eigenvalue weighted by atomic mass is 32.1. The third-order valence-electron chi connectivity index (χ3n) is 8.05. The number of likely N-dealkylation sites (tertiary alicyclic amines) is 1. The normalized spacial score (nSPS) is 20.2. The van der Waals surface area contributed by atoms with Crippen LogP contribution in [0.25, 0.3) is 11.4 Å². The maximum Gasteiger partial charge on any atom is 0.272 e. The largest absolute Gasteiger partial charge is 0.353 e. The zero-order valence-electron chi connectivity index (χ0n) is 21.3. The summed E-state index contributed by atoms with van der Waals surface area (Å²) in [5, 5.41) is 13.1. The van der Waals surface area contributed by atoms with Crippen LogP contribution in [0.1, 0.15) is 100 Å². The van der Waals surface area contributed by atoms with E-state index in [-0.39, 0.29) is 17.9 Å². The standard InChI is InChI=1S/C27H40N6O2S/c34-26(29-20-8-6-9-20)16-21(10-7-15-32-13-4-1-5-14-32)30-27(35)23-17-25(24-18-36-19-28-24)33(31-23)22-11-2-3-12-22/h17-22H,1-16H2,(H,29,34)(H,30,35)/t21-/m0/s1. The average molecular weight is 513 g/mol. The van der Waals surface area contributed by atoms with E-state index in [1.807, 2.05) is 21.6 Å². The van der Waals surface area contributed by atoms with Crippen molar-refractivity contribution in [3.63, 3.8) is 0 Å². The molecule has 2 amide bonds.